The quantitative estimate of drug-likeness (QED) is 0.649. The number of terminal acetylenes is 1. The minimum Gasteiger partial charge on any atom is -0.384 e. The maximum absolute atomic E-state index is 11.5. The monoisotopic (exact) mass is 211 g/mol. The Labute approximate surface area is 92.6 Å². The number of rotatable bonds is 7. The molecule has 0 saturated carbocycles. The van der Waals surface area contributed by atoms with Gasteiger partial charge in [-0.05, 0) is 12.3 Å². The van der Waals surface area contributed by atoms with Crippen molar-refractivity contribution in [1.29, 1.82) is 0 Å². The van der Waals surface area contributed by atoms with Gasteiger partial charge in [-0.3, -0.25) is 4.79 Å². The molecule has 1 amide bonds. The third-order valence-corrected chi connectivity index (χ3v) is 2.10. The molecule has 0 aliphatic rings. The van der Waals surface area contributed by atoms with E-state index in [-0.39, 0.29) is 17.9 Å². The number of amides is 1. The molecule has 0 rings (SSSR count). The first-order valence-electron chi connectivity index (χ1n) is 5.38. The summed E-state index contributed by atoms with van der Waals surface area (Å²) in [5.74, 6) is 2.82. The Balaban J connectivity index is 3.86. The summed E-state index contributed by atoms with van der Waals surface area (Å²) >= 11 is 0. The minimum atomic E-state index is -0.128. The van der Waals surface area contributed by atoms with Gasteiger partial charge < -0.3 is 10.1 Å². The predicted molar refractivity (Wildman–Crippen MR) is 61.3 cm³/mol. The van der Waals surface area contributed by atoms with E-state index in [1.807, 2.05) is 13.8 Å². The van der Waals surface area contributed by atoms with Crippen molar-refractivity contribution in [3.05, 3.63) is 0 Å². The molecular weight excluding hydrogens is 190 g/mol. The van der Waals surface area contributed by atoms with Gasteiger partial charge in [0.1, 0.15) is 0 Å². The second kappa shape index (κ2) is 8.31. The molecule has 0 bridgehead atoms. The van der Waals surface area contributed by atoms with Crippen molar-refractivity contribution in [3.8, 4) is 12.3 Å². The van der Waals surface area contributed by atoms with E-state index in [1.54, 1.807) is 7.11 Å². The predicted octanol–water partition coefficient (Wildman–Crippen LogP) is 1.58. The Morgan fingerprint density at radius 2 is 2.27 bits per heavy atom. The summed E-state index contributed by atoms with van der Waals surface area (Å²) in [6.45, 7) is 4.62. The summed E-state index contributed by atoms with van der Waals surface area (Å²) in [6, 6.07) is -0.128. The van der Waals surface area contributed by atoms with Gasteiger partial charge in [0, 0.05) is 20.1 Å². The summed E-state index contributed by atoms with van der Waals surface area (Å²) < 4.78 is 4.96. The molecule has 0 aromatic carbocycles. The highest BCUT2D eigenvalue weighted by atomic mass is 16.5. The number of carbonyl (C=O) groups excluding carboxylic acids is 1. The summed E-state index contributed by atoms with van der Waals surface area (Å²) in [4.78, 5) is 11.5. The number of nitrogens with one attached hydrogen (secondary N) is 1. The minimum absolute atomic E-state index is 0.0101. The number of methoxy groups -OCH3 is 1. The molecule has 3 heteroatoms. The fourth-order valence-electron chi connectivity index (χ4n) is 1.40. The SMILES string of the molecule is C#CC(CCC)NC(=O)CC(C)COC. The molecule has 0 aliphatic heterocycles. The van der Waals surface area contributed by atoms with E-state index < -0.39 is 0 Å². The van der Waals surface area contributed by atoms with Gasteiger partial charge in [-0.15, -0.1) is 6.42 Å². The number of hydrogen-bond acceptors (Lipinski definition) is 2. The molecular formula is C12H21NO2. The van der Waals surface area contributed by atoms with Gasteiger partial charge in [0.15, 0.2) is 0 Å². The average Bonchev–Trinajstić information content (AvgIpc) is 2.17. The van der Waals surface area contributed by atoms with Crippen molar-refractivity contribution in [2.24, 2.45) is 5.92 Å². The number of ether oxygens (including phenoxy) is 1. The van der Waals surface area contributed by atoms with Crippen LogP contribution in [0, 0.1) is 18.3 Å². The van der Waals surface area contributed by atoms with Crippen molar-refractivity contribution in [1.82, 2.24) is 5.32 Å². The highest BCUT2D eigenvalue weighted by Crippen LogP contribution is 2.03. The fraction of sp³-hybridized carbons (Fsp3) is 0.750. The van der Waals surface area contributed by atoms with E-state index in [1.165, 1.54) is 0 Å². The largest absolute Gasteiger partial charge is 0.384 e. The zero-order valence-corrected chi connectivity index (χ0v) is 9.88. The normalized spacial score (nSPS) is 14.0. The van der Waals surface area contributed by atoms with E-state index in [0.717, 1.165) is 12.8 Å². The first-order valence-corrected chi connectivity index (χ1v) is 5.38. The number of hydrogen-bond donors (Lipinski definition) is 1. The van der Waals surface area contributed by atoms with Crippen LogP contribution in [0.25, 0.3) is 0 Å². The Bertz CT molecular complexity index is 220. The van der Waals surface area contributed by atoms with E-state index >= 15 is 0 Å². The molecule has 15 heavy (non-hydrogen) atoms. The lowest BCUT2D eigenvalue weighted by molar-refractivity contribution is -0.122. The first-order chi connectivity index (χ1) is 7.13. The van der Waals surface area contributed by atoms with Crippen LogP contribution in [-0.4, -0.2) is 25.7 Å². The molecule has 2 unspecified atom stereocenters. The molecule has 0 radical (unpaired) electrons. The molecule has 1 N–H and O–H groups in total. The van der Waals surface area contributed by atoms with Gasteiger partial charge in [0.2, 0.25) is 5.91 Å². The zero-order chi connectivity index (χ0) is 11.7. The Hall–Kier alpha value is -1.01. The number of carbonyl (C=O) groups is 1. The van der Waals surface area contributed by atoms with Crippen molar-refractivity contribution in [2.45, 2.75) is 39.2 Å². The molecule has 2 atom stereocenters. The van der Waals surface area contributed by atoms with Crippen LogP contribution >= 0.6 is 0 Å². The van der Waals surface area contributed by atoms with Crippen molar-refractivity contribution in [2.75, 3.05) is 13.7 Å². The van der Waals surface area contributed by atoms with Gasteiger partial charge in [0.25, 0.3) is 0 Å². The lowest BCUT2D eigenvalue weighted by Crippen LogP contribution is -2.34. The fourth-order valence-corrected chi connectivity index (χ4v) is 1.40. The summed E-state index contributed by atoms with van der Waals surface area (Å²) in [6.07, 6.45) is 7.58. The molecule has 0 fully saturated rings. The van der Waals surface area contributed by atoms with E-state index in [4.69, 9.17) is 11.2 Å². The van der Waals surface area contributed by atoms with Crippen LogP contribution in [0.5, 0.6) is 0 Å². The Kier molecular flexibility index (Phi) is 7.75. The van der Waals surface area contributed by atoms with Gasteiger partial charge in [-0.1, -0.05) is 26.2 Å². The van der Waals surface area contributed by atoms with E-state index in [0.29, 0.717) is 13.0 Å². The van der Waals surface area contributed by atoms with Crippen LogP contribution in [0.2, 0.25) is 0 Å². The van der Waals surface area contributed by atoms with Crippen molar-refractivity contribution in [3.63, 3.8) is 0 Å². The maximum atomic E-state index is 11.5. The van der Waals surface area contributed by atoms with Crippen LogP contribution < -0.4 is 5.32 Å². The Morgan fingerprint density at radius 1 is 1.60 bits per heavy atom. The van der Waals surface area contributed by atoms with Gasteiger partial charge >= 0.3 is 0 Å². The molecule has 0 spiro atoms. The standard InChI is InChI=1S/C12H21NO2/c1-5-7-11(6-2)13-12(14)8-10(3)9-15-4/h2,10-11H,5,7-9H2,1,3-4H3,(H,13,14). The van der Waals surface area contributed by atoms with Gasteiger partial charge in [-0.25, -0.2) is 0 Å². The molecule has 3 nitrogen and oxygen atoms in total. The summed E-state index contributed by atoms with van der Waals surface area (Å²) in [5.41, 5.74) is 0. The van der Waals surface area contributed by atoms with Crippen LogP contribution in [0.1, 0.15) is 33.1 Å². The first kappa shape index (κ1) is 14.0. The smallest absolute Gasteiger partial charge is 0.221 e. The lowest BCUT2D eigenvalue weighted by Gasteiger charge is -2.14. The van der Waals surface area contributed by atoms with E-state index in [2.05, 4.69) is 11.2 Å². The van der Waals surface area contributed by atoms with Gasteiger partial charge in [-0.2, -0.15) is 0 Å². The molecule has 86 valence electrons. The van der Waals surface area contributed by atoms with Crippen LogP contribution in [0.15, 0.2) is 0 Å². The maximum Gasteiger partial charge on any atom is 0.221 e. The highest BCUT2D eigenvalue weighted by Gasteiger charge is 2.12. The highest BCUT2D eigenvalue weighted by molar-refractivity contribution is 5.76. The topological polar surface area (TPSA) is 38.3 Å². The third-order valence-electron chi connectivity index (χ3n) is 2.10. The molecule has 0 aliphatic carbocycles. The molecule has 0 heterocycles. The van der Waals surface area contributed by atoms with Crippen molar-refractivity contribution < 1.29 is 9.53 Å². The van der Waals surface area contributed by atoms with Crippen LogP contribution in [0.3, 0.4) is 0 Å². The summed E-state index contributed by atoms with van der Waals surface area (Å²) in [5, 5.41) is 2.83. The zero-order valence-electron chi connectivity index (χ0n) is 9.88. The Morgan fingerprint density at radius 3 is 2.73 bits per heavy atom. The van der Waals surface area contributed by atoms with Crippen molar-refractivity contribution >= 4 is 5.91 Å². The second-order valence-corrected chi connectivity index (χ2v) is 3.84. The summed E-state index contributed by atoms with van der Waals surface area (Å²) in [7, 11) is 1.63. The van der Waals surface area contributed by atoms with Crippen LogP contribution in [-0.2, 0) is 9.53 Å². The molecule has 0 saturated heterocycles. The molecule has 0 aromatic heterocycles. The van der Waals surface area contributed by atoms with Gasteiger partial charge in [0.05, 0.1) is 6.04 Å². The third kappa shape index (κ3) is 6.98. The van der Waals surface area contributed by atoms with Crippen LogP contribution in [0.4, 0.5) is 0 Å². The average molecular weight is 211 g/mol. The van der Waals surface area contributed by atoms with E-state index in [9.17, 15) is 4.79 Å². The second-order valence-electron chi connectivity index (χ2n) is 3.84. The molecule has 0 aromatic rings. The lowest BCUT2D eigenvalue weighted by atomic mass is 10.1.